The van der Waals surface area contributed by atoms with Crippen molar-refractivity contribution in [2.24, 2.45) is 0 Å². The van der Waals surface area contributed by atoms with Gasteiger partial charge in [-0.25, -0.2) is 9.55 Å². The number of rotatable bonds is 6. The van der Waals surface area contributed by atoms with Gasteiger partial charge in [-0.15, -0.1) is 21.5 Å². The molecule has 0 bridgehead atoms. The Morgan fingerprint density at radius 1 is 1.15 bits per heavy atom. The molecule has 0 saturated carbocycles. The number of hydrogen-bond donors (Lipinski definition) is 0. The number of fused-ring (bicyclic) bond motifs is 3. The number of ether oxygens (including phenoxy) is 1. The van der Waals surface area contributed by atoms with Gasteiger partial charge in [0.05, 0.1) is 34.4 Å². The first-order chi connectivity index (χ1) is 16.0. The minimum absolute atomic E-state index is 0.160. The molecule has 3 aromatic heterocycles. The minimum Gasteiger partial charge on any atom is -0.495 e. The highest BCUT2D eigenvalue weighted by molar-refractivity contribution is 7.98. The van der Waals surface area contributed by atoms with E-state index in [0.29, 0.717) is 39.4 Å². The van der Waals surface area contributed by atoms with E-state index in [9.17, 15) is 4.79 Å². The van der Waals surface area contributed by atoms with Gasteiger partial charge in [-0.3, -0.25) is 9.20 Å². The second-order valence-electron chi connectivity index (χ2n) is 8.07. The van der Waals surface area contributed by atoms with Crippen LogP contribution in [0.4, 0.5) is 0 Å². The van der Waals surface area contributed by atoms with E-state index in [1.807, 2.05) is 53.8 Å². The maximum absolute atomic E-state index is 13.6. The molecule has 0 amide bonds. The van der Waals surface area contributed by atoms with Gasteiger partial charge in [0.25, 0.3) is 5.56 Å². The van der Waals surface area contributed by atoms with Crippen molar-refractivity contribution in [2.75, 3.05) is 7.11 Å². The average molecular weight is 478 g/mol. The number of para-hydroxylation sites is 1. The van der Waals surface area contributed by atoms with E-state index in [0.717, 1.165) is 21.8 Å². The van der Waals surface area contributed by atoms with Crippen LogP contribution in [0.1, 0.15) is 36.0 Å². The topological polar surface area (TPSA) is 74.3 Å². The molecule has 0 radical (unpaired) electrons. The van der Waals surface area contributed by atoms with E-state index in [2.05, 4.69) is 29.4 Å². The molecule has 0 aliphatic rings. The smallest absolute Gasteiger partial charge is 0.267 e. The number of benzene rings is 2. The van der Waals surface area contributed by atoms with Gasteiger partial charge in [0, 0.05) is 17.1 Å². The van der Waals surface area contributed by atoms with E-state index < -0.39 is 0 Å². The summed E-state index contributed by atoms with van der Waals surface area (Å²) in [7, 11) is 1.60. The van der Waals surface area contributed by atoms with Crippen molar-refractivity contribution in [1.29, 1.82) is 0 Å². The molecule has 2 aromatic carbocycles. The summed E-state index contributed by atoms with van der Waals surface area (Å²) < 4.78 is 9.11. The van der Waals surface area contributed by atoms with Crippen molar-refractivity contribution in [3.05, 3.63) is 74.5 Å². The van der Waals surface area contributed by atoms with Crippen molar-refractivity contribution in [3.63, 3.8) is 0 Å². The van der Waals surface area contributed by atoms with Crippen LogP contribution in [0.5, 0.6) is 5.75 Å². The third-order valence-corrected chi connectivity index (χ3v) is 7.54. The summed E-state index contributed by atoms with van der Waals surface area (Å²) in [6.45, 7) is 6.27. The zero-order valence-electron chi connectivity index (χ0n) is 18.8. The highest BCUT2D eigenvalue weighted by Crippen LogP contribution is 2.29. The second-order valence-corrected chi connectivity index (χ2v) is 9.90. The predicted molar refractivity (Wildman–Crippen MR) is 133 cm³/mol. The van der Waals surface area contributed by atoms with E-state index in [1.165, 1.54) is 0 Å². The molecular weight excluding hydrogens is 454 g/mol. The fourth-order valence-corrected chi connectivity index (χ4v) is 5.53. The molecule has 5 rings (SSSR count). The monoisotopic (exact) mass is 477 g/mol. The largest absolute Gasteiger partial charge is 0.495 e. The summed E-state index contributed by atoms with van der Waals surface area (Å²) >= 11 is 3.24. The Morgan fingerprint density at radius 2 is 1.97 bits per heavy atom. The van der Waals surface area contributed by atoms with Crippen molar-refractivity contribution in [1.82, 2.24) is 24.1 Å². The molecule has 5 aromatic rings. The lowest BCUT2D eigenvalue weighted by Crippen LogP contribution is -2.22. The first-order valence-corrected chi connectivity index (χ1v) is 12.5. The molecule has 0 unspecified atom stereocenters. The quantitative estimate of drug-likeness (QED) is 0.312. The van der Waals surface area contributed by atoms with Crippen molar-refractivity contribution in [3.8, 4) is 11.4 Å². The lowest BCUT2D eigenvalue weighted by Gasteiger charge is -2.14. The Labute approximate surface area is 199 Å². The molecule has 9 heteroatoms. The predicted octanol–water partition coefficient (Wildman–Crippen LogP) is 5.22. The summed E-state index contributed by atoms with van der Waals surface area (Å²) in [5.74, 6) is 2.13. The minimum atomic E-state index is -0.160. The van der Waals surface area contributed by atoms with Gasteiger partial charge in [-0.2, -0.15) is 0 Å². The first kappa shape index (κ1) is 21.7. The molecular formula is C24H23N5O2S2. The molecule has 0 fully saturated rings. The van der Waals surface area contributed by atoms with Crippen molar-refractivity contribution in [2.45, 2.75) is 37.6 Å². The Hall–Kier alpha value is -3.17. The van der Waals surface area contributed by atoms with Gasteiger partial charge in [0.2, 0.25) is 5.78 Å². The van der Waals surface area contributed by atoms with E-state index in [-0.39, 0.29) is 5.56 Å². The Morgan fingerprint density at radius 3 is 2.73 bits per heavy atom. The lowest BCUT2D eigenvalue weighted by atomic mass is 10.2. The van der Waals surface area contributed by atoms with Gasteiger partial charge < -0.3 is 4.74 Å². The second kappa shape index (κ2) is 8.64. The molecule has 0 aliphatic heterocycles. The molecule has 0 atom stereocenters. The van der Waals surface area contributed by atoms with Gasteiger partial charge in [-0.05, 0) is 36.8 Å². The van der Waals surface area contributed by atoms with Crippen molar-refractivity contribution < 1.29 is 4.74 Å². The van der Waals surface area contributed by atoms with Crippen LogP contribution in [0.25, 0.3) is 22.4 Å². The molecule has 0 spiro atoms. The highest BCUT2D eigenvalue weighted by atomic mass is 32.2. The van der Waals surface area contributed by atoms with Crippen LogP contribution < -0.4 is 10.3 Å². The van der Waals surface area contributed by atoms with Crippen LogP contribution in [-0.4, -0.2) is 31.3 Å². The van der Waals surface area contributed by atoms with E-state index in [4.69, 9.17) is 9.72 Å². The molecule has 7 nitrogen and oxygen atoms in total. The number of nitrogens with zero attached hydrogens (tertiary/aromatic N) is 5. The van der Waals surface area contributed by atoms with Gasteiger partial charge in [-0.1, -0.05) is 43.8 Å². The Kier molecular flexibility index (Phi) is 5.67. The molecule has 3 heterocycles. The van der Waals surface area contributed by atoms with Crippen LogP contribution in [-0.2, 0) is 5.75 Å². The number of thioether (sulfide) groups is 1. The van der Waals surface area contributed by atoms with Crippen LogP contribution in [0.3, 0.4) is 0 Å². The third kappa shape index (κ3) is 3.81. The normalized spacial score (nSPS) is 11.7. The van der Waals surface area contributed by atoms with E-state index in [1.54, 1.807) is 34.8 Å². The lowest BCUT2D eigenvalue weighted by molar-refractivity contribution is 0.412. The van der Waals surface area contributed by atoms with Crippen LogP contribution >= 0.6 is 23.1 Å². The van der Waals surface area contributed by atoms with Crippen LogP contribution in [0.15, 0.2) is 57.8 Å². The Balaban J connectivity index is 1.70. The van der Waals surface area contributed by atoms with Gasteiger partial charge in [0.15, 0.2) is 5.16 Å². The highest BCUT2D eigenvalue weighted by Gasteiger charge is 2.20. The fraction of sp³-hybridized carbons (Fsp3) is 0.250. The number of hydrogen-bond acceptors (Lipinski definition) is 7. The number of aryl methyl sites for hydroxylation is 1. The number of thiazole rings is 1. The fourth-order valence-electron chi connectivity index (χ4n) is 3.76. The summed E-state index contributed by atoms with van der Waals surface area (Å²) in [6, 6.07) is 13.3. The maximum Gasteiger partial charge on any atom is 0.267 e. The third-order valence-electron chi connectivity index (χ3n) is 5.38. The SMILES string of the molecule is COc1ccc(C)cc1-n1c(=O)c2ccccc2n2c(SCc3csc(C(C)C)n3)nnc12. The summed E-state index contributed by atoms with van der Waals surface area (Å²) in [6.07, 6.45) is 0. The standard InChI is InChI=1S/C24H23N5O2S2/c1-14(2)21-25-16(12-32-21)13-33-24-27-26-23-28(19-11-15(3)9-10-20(19)31-4)22(30)17-7-5-6-8-18(17)29(23)24/h5-12,14H,13H2,1-4H3. The summed E-state index contributed by atoms with van der Waals surface area (Å²) in [5, 5.41) is 13.4. The molecule has 0 N–H and O–H groups in total. The summed E-state index contributed by atoms with van der Waals surface area (Å²) in [5.41, 5.74) is 3.29. The average Bonchev–Trinajstić information content (AvgIpc) is 3.46. The first-order valence-electron chi connectivity index (χ1n) is 10.6. The zero-order valence-corrected chi connectivity index (χ0v) is 20.4. The molecule has 0 aliphatic carbocycles. The van der Waals surface area contributed by atoms with Gasteiger partial charge in [0.1, 0.15) is 5.75 Å². The number of aromatic nitrogens is 5. The van der Waals surface area contributed by atoms with Crippen LogP contribution in [0.2, 0.25) is 0 Å². The van der Waals surface area contributed by atoms with Gasteiger partial charge >= 0.3 is 0 Å². The Bertz CT molecular complexity index is 1530. The molecule has 33 heavy (non-hydrogen) atoms. The van der Waals surface area contributed by atoms with E-state index >= 15 is 0 Å². The molecule has 0 saturated heterocycles. The maximum atomic E-state index is 13.6. The number of methoxy groups -OCH3 is 1. The van der Waals surface area contributed by atoms with Crippen LogP contribution in [0, 0.1) is 6.92 Å². The zero-order chi connectivity index (χ0) is 23.1. The molecule has 168 valence electrons. The summed E-state index contributed by atoms with van der Waals surface area (Å²) in [4.78, 5) is 18.3. The van der Waals surface area contributed by atoms with Crippen molar-refractivity contribution >= 4 is 39.8 Å².